The fourth-order valence-corrected chi connectivity index (χ4v) is 3.02. The molecule has 1 fully saturated rings. The number of ether oxygens (including phenoxy) is 2. The summed E-state index contributed by atoms with van der Waals surface area (Å²) < 4.78 is 10.8. The summed E-state index contributed by atoms with van der Waals surface area (Å²) in [6.45, 7) is 7.72. The molecule has 1 saturated heterocycles. The molecule has 8 heteroatoms. The molecule has 0 aliphatic carbocycles. The number of azo groups is 1. The van der Waals surface area contributed by atoms with Crippen LogP contribution in [0.3, 0.4) is 0 Å². The third-order valence-corrected chi connectivity index (χ3v) is 4.49. The van der Waals surface area contributed by atoms with Crippen molar-refractivity contribution < 1.29 is 14.3 Å². The molecule has 2 heterocycles. The Morgan fingerprint density at radius 3 is 2.78 bits per heavy atom. The van der Waals surface area contributed by atoms with Crippen molar-refractivity contribution in [3.8, 4) is 5.75 Å². The van der Waals surface area contributed by atoms with Crippen LogP contribution in [0.15, 0.2) is 39.5 Å². The van der Waals surface area contributed by atoms with Crippen LogP contribution in [0.5, 0.6) is 5.75 Å². The third kappa shape index (κ3) is 6.11. The highest BCUT2D eigenvalue weighted by Gasteiger charge is 2.24. The molecule has 8 nitrogen and oxygen atoms in total. The Balaban J connectivity index is 1.44. The second-order valence-electron chi connectivity index (χ2n) is 6.51. The minimum Gasteiger partial charge on any atom is -0.494 e. The van der Waals surface area contributed by atoms with E-state index in [1.165, 1.54) is 0 Å². The smallest absolute Gasteiger partial charge is 0.253 e. The van der Waals surface area contributed by atoms with E-state index in [0.717, 1.165) is 50.6 Å². The maximum Gasteiger partial charge on any atom is 0.253 e. The zero-order valence-corrected chi connectivity index (χ0v) is 15.8. The number of nitrogens with zero attached hydrogens (tertiary/aromatic N) is 4. The van der Waals surface area contributed by atoms with Crippen molar-refractivity contribution in [3.05, 3.63) is 29.8 Å². The van der Waals surface area contributed by atoms with Gasteiger partial charge in [0, 0.05) is 32.6 Å². The highest BCUT2D eigenvalue weighted by atomic mass is 16.5. The first-order valence-electron chi connectivity index (χ1n) is 9.52. The lowest BCUT2D eigenvalue weighted by atomic mass is 10.1. The molecule has 1 unspecified atom stereocenters. The van der Waals surface area contributed by atoms with Gasteiger partial charge in [0.2, 0.25) is 5.96 Å². The van der Waals surface area contributed by atoms with Crippen LogP contribution in [-0.4, -0.2) is 68.8 Å². The lowest BCUT2D eigenvalue weighted by Crippen LogP contribution is -2.41. The van der Waals surface area contributed by atoms with Gasteiger partial charge < -0.3 is 9.47 Å². The van der Waals surface area contributed by atoms with Gasteiger partial charge in [-0.15, -0.1) is 5.11 Å². The molecule has 0 spiro atoms. The summed E-state index contributed by atoms with van der Waals surface area (Å²) in [6.07, 6.45) is 1.43. The van der Waals surface area contributed by atoms with Gasteiger partial charge in [-0.1, -0.05) is 12.1 Å². The van der Waals surface area contributed by atoms with Gasteiger partial charge in [-0.25, -0.2) is 4.99 Å². The number of benzene rings is 1. The topological polar surface area (TPSA) is 87.9 Å². The molecule has 1 aromatic rings. The maximum atomic E-state index is 12.3. The zero-order valence-electron chi connectivity index (χ0n) is 15.8. The molecule has 1 aromatic carbocycles. The summed E-state index contributed by atoms with van der Waals surface area (Å²) >= 11 is 0. The van der Waals surface area contributed by atoms with Crippen LogP contribution in [0.25, 0.3) is 0 Å². The number of amides is 1. The van der Waals surface area contributed by atoms with Crippen LogP contribution in [-0.2, 0) is 16.0 Å². The Morgan fingerprint density at radius 2 is 2.07 bits per heavy atom. The summed E-state index contributed by atoms with van der Waals surface area (Å²) in [6, 6.07) is 7.18. The number of nitrogens with one attached hydrogen (secondary N) is 1. The average molecular weight is 373 g/mol. The largest absolute Gasteiger partial charge is 0.494 e. The summed E-state index contributed by atoms with van der Waals surface area (Å²) in [5.74, 6) is 0.971. The van der Waals surface area contributed by atoms with Crippen molar-refractivity contribution in [3.63, 3.8) is 0 Å². The highest BCUT2D eigenvalue weighted by molar-refractivity contribution is 6.01. The molecule has 1 amide bonds. The van der Waals surface area contributed by atoms with Gasteiger partial charge in [0.25, 0.3) is 5.91 Å². The molecular weight excluding hydrogens is 346 g/mol. The number of morpholine rings is 1. The van der Waals surface area contributed by atoms with E-state index in [-0.39, 0.29) is 5.91 Å². The summed E-state index contributed by atoms with van der Waals surface area (Å²) in [5.41, 5.74) is 1.02. The van der Waals surface area contributed by atoms with E-state index in [0.29, 0.717) is 25.5 Å². The molecule has 2 aliphatic rings. The normalized spacial score (nSPS) is 22.0. The Labute approximate surface area is 159 Å². The van der Waals surface area contributed by atoms with E-state index in [9.17, 15) is 4.79 Å². The molecule has 0 radical (unpaired) electrons. The van der Waals surface area contributed by atoms with Crippen LogP contribution < -0.4 is 10.1 Å². The van der Waals surface area contributed by atoms with Crippen molar-refractivity contribution in [2.24, 2.45) is 15.2 Å². The van der Waals surface area contributed by atoms with Crippen molar-refractivity contribution in [1.29, 1.82) is 0 Å². The standard InChI is InChI=1S/C19H27N5O3/c1-2-27-16-6-4-15(5-7-16)14-17-18(25)21-19(23-22-17)20-8-3-9-24-10-12-26-13-11-24/h4-7,17H,2-3,8-14H2,1H3,(H,20,21,25). The van der Waals surface area contributed by atoms with Crippen LogP contribution in [0.1, 0.15) is 18.9 Å². The number of hydrogen-bond acceptors (Lipinski definition) is 6. The number of carbonyl (C=O) groups excluding carboxylic acids is 1. The van der Waals surface area contributed by atoms with Crippen molar-refractivity contribution in [2.75, 3.05) is 46.0 Å². The first kappa shape index (κ1) is 19.4. The second kappa shape index (κ2) is 10.1. The average Bonchev–Trinajstić information content (AvgIpc) is 2.70. The molecule has 0 bridgehead atoms. The molecule has 0 aromatic heterocycles. The van der Waals surface area contributed by atoms with Crippen LogP contribution in [0.4, 0.5) is 0 Å². The quantitative estimate of drug-likeness (QED) is 0.702. The van der Waals surface area contributed by atoms with Crippen molar-refractivity contribution in [1.82, 2.24) is 10.2 Å². The summed E-state index contributed by atoms with van der Waals surface area (Å²) in [4.78, 5) is 19.0. The van der Waals surface area contributed by atoms with Crippen LogP contribution >= 0.6 is 0 Å². The Hall–Kier alpha value is -2.32. The molecule has 1 N–H and O–H groups in total. The first-order valence-corrected chi connectivity index (χ1v) is 9.52. The van der Waals surface area contributed by atoms with E-state index < -0.39 is 6.04 Å². The third-order valence-electron chi connectivity index (χ3n) is 4.49. The first-order chi connectivity index (χ1) is 13.2. The molecule has 1 atom stereocenters. The lowest BCUT2D eigenvalue weighted by Gasteiger charge is -2.26. The lowest BCUT2D eigenvalue weighted by molar-refractivity contribution is -0.121. The molecule has 146 valence electrons. The number of aliphatic imine (C=N–C) groups is 1. The molecule has 2 aliphatic heterocycles. The van der Waals surface area contributed by atoms with Gasteiger partial charge in [-0.05, 0) is 31.0 Å². The van der Waals surface area contributed by atoms with E-state index in [1.54, 1.807) is 0 Å². The van der Waals surface area contributed by atoms with Gasteiger partial charge in [0.05, 0.1) is 19.8 Å². The number of carbonyl (C=O) groups is 1. The van der Waals surface area contributed by atoms with Crippen LogP contribution in [0.2, 0.25) is 0 Å². The number of hydrogen-bond donors (Lipinski definition) is 1. The van der Waals surface area contributed by atoms with Gasteiger partial charge >= 0.3 is 0 Å². The summed E-state index contributed by atoms with van der Waals surface area (Å²) in [5, 5.41) is 11.0. The second-order valence-corrected chi connectivity index (χ2v) is 6.51. The molecule has 3 rings (SSSR count). The van der Waals surface area contributed by atoms with E-state index in [2.05, 4.69) is 25.4 Å². The monoisotopic (exact) mass is 373 g/mol. The number of rotatable bonds is 8. The van der Waals surface area contributed by atoms with Gasteiger partial charge in [-0.2, -0.15) is 5.11 Å². The minimum absolute atomic E-state index is 0.161. The Kier molecular flexibility index (Phi) is 7.29. The van der Waals surface area contributed by atoms with Gasteiger partial charge in [-0.3, -0.25) is 15.0 Å². The predicted octanol–water partition coefficient (Wildman–Crippen LogP) is 1.66. The molecular formula is C19H27N5O3. The predicted molar refractivity (Wildman–Crippen MR) is 102 cm³/mol. The van der Waals surface area contributed by atoms with E-state index >= 15 is 0 Å². The molecule has 27 heavy (non-hydrogen) atoms. The van der Waals surface area contributed by atoms with Crippen molar-refractivity contribution >= 4 is 11.9 Å². The van der Waals surface area contributed by atoms with E-state index in [1.807, 2.05) is 31.2 Å². The molecule has 0 saturated carbocycles. The van der Waals surface area contributed by atoms with Gasteiger partial charge in [0.1, 0.15) is 5.75 Å². The summed E-state index contributed by atoms with van der Waals surface area (Å²) in [7, 11) is 0. The minimum atomic E-state index is -0.518. The fraction of sp³-hybridized carbons (Fsp3) is 0.579. The zero-order chi connectivity index (χ0) is 18.9. The van der Waals surface area contributed by atoms with Crippen LogP contribution in [0, 0.1) is 0 Å². The Bertz CT molecular complexity index is 668. The SMILES string of the molecule is CCOc1ccc(CC2N=NC(=NCCCN3CCOCC3)NC2=O)cc1. The number of guanidine groups is 1. The highest BCUT2D eigenvalue weighted by Crippen LogP contribution is 2.15. The maximum absolute atomic E-state index is 12.3. The van der Waals surface area contributed by atoms with Crippen molar-refractivity contribution in [2.45, 2.75) is 25.8 Å². The fourth-order valence-electron chi connectivity index (χ4n) is 3.02. The van der Waals surface area contributed by atoms with E-state index in [4.69, 9.17) is 9.47 Å². The van der Waals surface area contributed by atoms with Gasteiger partial charge in [0.15, 0.2) is 6.04 Å². The Morgan fingerprint density at radius 1 is 1.30 bits per heavy atom.